The van der Waals surface area contributed by atoms with Crippen LogP contribution in [0, 0.1) is 0 Å². The summed E-state index contributed by atoms with van der Waals surface area (Å²) in [6.07, 6.45) is 4.49. The van der Waals surface area contributed by atoms with E-state index in [1.54, 1.807) is 24.4 Å². The topological polar surface area (TPSA) is 34.9 Å². The molecule has 0 aliphatic carbocycles. The summed E-state index contributed by atoms with van der Waals surface area (Å²) in [5, 5.41) is 5.64. The standard InChI is InChI=1S/C15H16Cl2N2O/c1-3-12(4-2)19-8-10(9-20)15(18-19)13-7-11(16)5-6-14(13)17/h5-9,12H,3-4H2,1-2H3. The summed E-state index contributed by atoms with van der Waals surface area (Å²) in [5.41, 5.74) is 1.80. The number of hydrogen-bond acceptors (Lipinski definition) is 2. The molecule has 0 saturated heterocycles. The van der Waals surface area contributed by atoms with Crippen LogP contribution in [0.2, 0.25) is 10.0 Å². The van der Waals surface area contributed by atoms with E-state index in [1.165, 1.54) is 0 Å². The summed E-state index contributed by atoms with van der Waals surface area (Å²) in [6, 6.07) is 5.44. The van der Waals surface area contributed by atoms with Gasteiger partial charge in [0, 0.05) is 16.8 Å². The second-order valence-corrected chi connectivity index (χ2v) is 5.47. The van der Waals surface area contributed by atoms with Crippen LogP contribution in [0.5, 0.6) is 0 Å². The van der Waals surface area contributed by atoms with Crippen molar-refractivity contribution in [3.05, 3.63) is 40.0 Å². The molecule has 0 unspecified atom stereocenters. The van der Waals surface area contributed by atoms with E-state index in [0.29, 0.717) is 26.9 Å². The van der Waals surface area contributed by atoms with Crippen LogP contribution in [0.1, 0.15) is 43.1 Å². The smallest absolute Gasteiger partial charge is 0.153 e. The molecule has 0 aliphatic heterocycles. The maximum absolute atomic E-state index is 11.3. The van der Waals surface area contributed by atoms with E-state index in [-0.39, 0.29) is 6.04 Å². The van der Waals surface area contributed by atoms with Crippen molar-refractivity contribution < 1.29 is 4.79 Å². The largest absolute Gasteiger partial charge is 0.298 e. The number of aromatic nitrogens is 2. The molecule has 0 N–H and O–H groups in total. The maximum Gasteiger partial charge on any atom is 0.153 e. The third kappa shape index (κ3) is 2.89. The Labute approximate surface area is 128 Å². The van der Waals surface area contributed by atoms with Gasteiger partial charge in [0.1, 0.15) is 5.69 Å². The highest BCUT2D eigenvalue weighted by molar-refractivity contribution is 6.35. The van der Waals surface area contributed by atoms with Gasteiger partial charge in [-0.1, -0.05) is 37.0 Å². The molecule has 106 valence electrons. The fraction of sp³-hybridized carbons (Fsp3) is 0.333. The highest BCUT2D eigenvalue weighted by Crippen LogP contribution is 2.32. The van der Waals surface area contributed by atoms with Crippen molar-refractivity contribution in [2.45, 2.75) is 32.7 Å². The zero-order valence-corrected chi connectivity index (χ0v) is 12.9. The van der Waals surface area contributed by atoms with Gasteiger partial charge in [-0.2, -0.15) is 5.10 Å². The Hall–Kier alpha value is -1.32. The van der Waals surface area contributed by atoms with Crippen molar-refractivity contribution in [2.75, 3.05) is 0 Å². The van der Waals surface area contributed by atoms with E-state index in [9.17, 15) is 4.79 Å². The molecule has 1 aromatic carbocycles. The van der Waals surface area contributed by atoms with Gasteiger partial charge < -0.3 is 0 Å². The highest BCUT2D eigenvalue weighted by Gasteiger charge is 2.17. The summed E-state index contributed by atoms with van der Waals surface area (Å²) < 4.78 is 1.84. The van der Waals surface area contributed by atoms with Crippen LogP contribution >= 0.6 is 23.2 Å². The van der Waals surface area contributed by atoms with E-state index < -0.39 is 0 Å². The average Bonchev–Trinajstić information content (AvgIpc) is 2.87. The summed E-state index contributed by atoms with van der Waals surface area (Å²) in [7, 11) is 0. The molecule has 2 aromatic rings. The van der Waals surface area contributed by atoms with Crippen LogP contribution in [0.4, 0.5) is 0 Å². The van der Waals surface area contributed by atoms with Crippen LogP contribution in [-0.4, -0.2) is 16.1 Å². The number of hydrogen-bond donors (Lipinski definition) is 0. The number of nitrogens with zero attached hydrogens (tertiary/aromatic N) is 2. The number of carbonyl (C=O) groups excluding carboxylic acids is 1. The summed E-state index contributed by atoms with van der Waals surface area (Å²) in [4.78, 5) is 11.3. The van der Waals surface area contributed by atoms with Gasteiger partial charge in [0.15, 0.2) is 6.29 Å². The SMILES string of the molecule is CCC(CC)n1cc(C=O)c(-c2cc(Cl)ccc2Cl)n1. The first-order valence-corrected chi connectivity index (χ1v) is 7.36. The second-order valence-electron chi connectivity index (χ2n) is 4.63. The molecule has 0 amide bonds. The molecule has 0 spiro atoms. The third-order valence-corrected chi connectivity index (χ3v) is 3.95. The number of aldehydes is 1. The molecular formula is C15H16Cl2N2O. The zero-order valence-electron chi connectivity index (χ0n) is 11.4. The molecule has 3 nitrogen and oxygen atoms in total. The van der Waals surface area contributed by atoms with Crippen molar-refractivity contribution in [3.63, 3.8) is 0 Å². The molecule has 1 heterocycles. The van der Waals surface area contributed by atoms with Crippen LogP contribution in [0.3, 0.4) is 0 Å². The Kier molecular flexibility index (Phi) is 4.84. The Balaban J connectivity index is 2.56. The molecular weight excluding hydrogens is 295 g/mol. The minimum Gasteiger partial charge on any atom is -0.298 e. The lowest BCUT2D eigenvalue weighted by Crippen LogP contribution is -2.07. The number of benzene rings is 1. The van der Waals surface area contributed by atoms with E-state index in [4.69, 9.17) is 23.2 Å². The van der Waals surface area contributed by atoms with Crippen molar-refractivity contribution in [2.24, 2.45) is 0 Å². The van der Waals surface area contributed by atoms with Crippen LogP contribution < -0.4 is 0 Å². The molecule has 0 aliphatic rings. The van der Waals surface area contributed by atoms with Crippen molar-refractivity contribution >= 4 is 29.5 Å². The van der Waals surface area contributed by atoms with Gasteiger partial charge in [0.05, 0.1) is 16.6 Å². The Morgan fingerprint density at radius 3 is 2.60 bits per heavy atom. The van der Waals surface area contributed by atoms with Gasteiger partial charge in [-0.3, -0.25) is 9.48 Å². The Morgan fingerprint density at radius 1 is 1.30 bits per heavy atom. The molecule has 20 heavy (non-hydrogen) atoms. The van der Waals surface area contributed by atoms with Crippen molar-refractivity contribution in [1.82, 2.24) is 9.78 Å². The van der Waals surface area contributed by atoms with Crippen molar-refractivity contribution in [1.29, 1.82) is 0 Å². The Bertz CT molecular complexity index is 618. The summed E-state index contributed by atoms with van der Waals surface area (Å²) >= 11 is 12.2. The fourth-order valence-electron chi connectivity index (χ4n) is 2.23. The lowest BCUT2D eigenvalue weighted by Gasteiger charge is -2.12. The average molecular weight is 311 g/mol. The van der Waals surface area contributed by atoms with Gasteiger partial charge in [0.25, 0.3) is 0 Å². The molecule has 2 rings (SSSR count). The van der Waals surface area contributed by atoms with E-state index in [0.717, 1.165) is 19.1 Å². The minimum absolute atomic E-state index is 0.278. The van der Waals surface area contributed by atoms with Crippen LogP contribution in [0.15, 0.2) is 24.4 Å². The quantitative estimate of drug-likeness (QED) is 0.726. The molecule has 0 fully saturated rings. The lowest BCUT2D eigenvalue weighted by molar-refractivity contribution is 0.112. The predicted molar refractivity (Wildman–Crippen MR) is 82.7 cm³/mol. The number of halogens is 2. The summed E-state index contributed by atoms with van der Waals surface area (Å²) in [6.45, 7) is 4.20. The minimum atomic E-state index is 0.278. The highest BCUT2D eigenvalue weighted by atomic mass is 35.5. The first-order chi connectivity index (χ1) is 9.60. The molecule has 1 aromatic heterocycles. The normalized spacial score (nSPS) is 11.1. The van der Waals surface area contributed by atoms with Gasteiger partial charge in [-0.15, -0.1) is 0 Å². The fourth-order valence-corrected chi connectivity index (χ4v) is 2.61. The molecule has 0 atom stereocenters. The number of carbonyl (C=O) groups is 1. The first-order valence-electron chi connectivity index (χ1n) is 6.60. The maximum atomic E-state index is 11.3. The van der Waals surface area contributed by atoms with Crippen LogP contribution in [0.25, 0.3) is 11.3 Å². The van der Waals surface area contributed by atoms with Crippen LogP contribution in [-0.2, 0) is 0 Å². The van der Waals surface area contributed by atoms with Gasteiger partial charge >= 0.3 is 0 Å². The van der Waals surface area contributed by atoms with Gasteiger partial charge in [-0.25, -0.2) is 0 Å². The predicted octanol–water partition coefficient (Wildman–Crippen LogP) is 5.03. The second kappa shape index (κ2) is 6.42. The lowest BCUT2D eigenvalue weighted by atomic mass is 10.1. The van der Waals surface area contributed by atoms with Crippen molar-refractivity contribution in [3.8, 4) is 11.3 Å². The third-order valence-electron chi connectivity index (χ3n) is 3.39. The molecule has 0 saturated carbocycles. The van der Waals surface area contributed by atoms with E-state index >= 15 is 0 Å². The first kappa shape index (κ1) is 15.1. The summed E-state index contributed by atoms with van der Waals surface area (Å²) in [5.74, 6) is 0. The molecule has 0 bridgehead atoms. The number of rotatable bonds is 5. The van der Waals surface area contributed by atoms with Gasteiger partial charge in [-0.05, 0) is 31.0 Å². The monoisotopic (exact) mass is 310 g/mol. The molecule has 0 radical (unpaired) electrons. The van der Waals surface area contributed by atoms with Gasteiger partial charge in [0.2, 0.25) is 0 Å². The van der Waals surface area contributed by atoms with E-state index in [2.05, 4.69) is 18.9 Å². The zero-order chi connectivity index (χ0) is 14.7. The van der Waals surface area contributed by atoms with E-state index in [1.807, 2.05) is 4.68 Å². The Morgan fingerprint density at radius 2 is 2.00 bits per heavy atom. The molecule has 5 heteroatoms.